The first-order valence-corrected chi connectivity index (χ1v) is 9.00. The summed E-state index contributed by atoms with van der Waals surface area (Å²) in [5, 5.41) is 2.84. The number of carbonyl (C=O) groups is 1. The lowest BCUT2D eigenvalue weighted by Gasteiger charge is -2.16. The Bertz CT molecular complexity index is 807. The first-order valence-electron chi connectivity index (χ1n) is 7.11. The number of aromatic nitrogens is 2. The number of carbonyl (C=O) groups excluding carboxylic acids is 1. The first-order chi connectivity index (χ1) is 10.4. The monoisotopic (exact) mass is 319 g/mol. The van der Waals surface area contributed by atoms with Crippen LogP contribution in [0.4, 0.5) is 5.82 Å². The van der Waals surface area contributed by atoms with Crippen molar-refractivity contribution >= 4 is 21.6 Å². The molecule has 1 amide bonds. The van der Waals surface area contributed by atoms with Gasteiger partial charge < -0.3 is 9.88 Å². The van der Waals surface area contributed by atoms with Crippen LogP contribution in [-0.2, 0) is 22.8 Å². The van der Waals surface area contributed by atoms with E-state index in [0.29, 0.717) is 11.4 Å². The molecule has 2 aromatic rings. The minimum absolute atomic E-state index is 0.200. The Morgan fingerprint density at radius 3 is 2.64 bits per heavy atom. The summed E-state index contributed by atoms with van der Waals surface area (Å²) in [7, 11) is -3.25. The van der Waals surface area contributed by atoms with Crippen molar-refractivity contribution in [3.63, 3.8) is 0 Å². The average Bonchev–Trinajstić information content (AvgIpc) is 2.90. The summed E-state index contributed by atoms with van der Waals surface area (Å²) in [6.45, 7) is 0.859. The van der Waals surface area contributed by atoms with Gasteiger partial charge in [0.1, 0.15) is 11.6 Å². The fraction of sp³-hybridized carbons (Fsp3) is 0.333. The van der Waals surface area contributed by atoms with Crippen LogP contribution in [0.1, 0.15) is 29.0 Å². The molecule has 0 aliphatic carbocycles. The molecule has 7 heteroatoms. The summed E-state index contributed by atoms with van der Waals surface area (Å²) in [5.74, 6) is 1.41. The van der Waals surface area contributed by atoms with E-state index in [0.717, 1.165) is 37.9 Å². The highest BCUT2D eigenvalue weighted by Crippen LogP contribution is 2.20. The van der Waals surface area contributed by atoms with Crippen LogP contribution >= 0.6 is 0 Å². The Labute approximate surface area is 129 Å². The molecule has 1 aliphatic heterocycles. The zero-order valence-corrected chi connectivity index (χ0v) is 13.1. The van der Waals surface area contributed by atoms with E-state index < -0.39 is 9.84 Å². The second kappa shape index (κ2) is 5.57. The van der Waals surface area contributed by atoms with Gasteiger partial charge in [-0.05, 0) is 37.1 Å². The lowest BCUT2D eigenvalue weighted by Crippen LogP contribution is -2.18. The molecule has 1 aromatic carbocycles. The van der Waals surface area contributed by atoms with Gasteiger partial charge in [0, 0.05) is 24.8 Å². The molecule has 0 saturated carbocycles. The summed E-state index contributed by atoms with van der Waals surface area (Å²) in [6, 6.07) is 5.91. The largest absolute Gasteiger partial charge is 0.315 e. The smallest absolute Gasteiger partial charge is 0.256 e. The molecule has 0 spiro atoms. The van der Waals surface area contributed by atoms with E-state index in [4.69, 9.17) is 0 Å². The molecule has 1 aliphatic rings. The Hall–Kier alpha value is -2.15. The van der Waals surface area contributed by atoms with E-state index >= 15 is 0 Å². The van der Waals surface area contributed by atoms with E-state index in [2.05, 4.69) is 10.3 Å². The summed E-state index contributed by atoms with van der Waals surface area (Å²) in [6.07, 6.45) is 5.94. The van der Waals surface area contributed by atoms with Crippen LogP contribution in [0.15, 0.2) is 35.4 Å². The molecule has 3 rings (SSSR count). The predicted octanol–water partition coefficient (Wildman–Crippen LogP) is 1.88. The molecular formula is C15H17N3O3S. The molecule has 0 bridgehead atoms. The van der Waals surface area contributed by atoms with E-state index in [1.807, 2.05) is 4.57 Å². The Balaban J connectivity index is 1.79. The molecule has 2 heterocycles. The van der Waals surface area contributed by atoms with E-state index in [1.165, 1.54) is 24.3 Å². The third kappa shape index (κ3) is 2.89. The number of imidazole rings is 1. The topological polar surface area (TPSA) is 81.1 Å². The van der Waals surface area contributed by atoms with Crippen molar-refractivity contribution in [3.8, 4) is 0 Å². The zero-order chi connectivity index (χ0) is 15.7. The number of hydrogen-bond donors (Lipinski definition) is 1. The number of benzene rings is 1. The highest BCUT2D eigenvalue weighted by Gasteiger charge is 2.16. The van der Waals surface area contributed by atoms with Crippen molar-refractivity contribution in [2.24, 2.45) is 0 Å². The first kappa shape index (κ1) is 14.8. The number of rotatable bonds is 3. The van der Waals surface area contributed by atoms with Crippen molar-refractivity contribution in [2.45, 2.75) is 30.7 Å². The maximum absolute atomic E-state index is 12.3. The van der Waals surface area contributed by atoms with Gasteiger partial charge in [-0.1, -0.05) is 0 Å². The molecule has 0 atom stereocenters. The molecule has 22 heavy (non-hydrogen) atoms. The van der Waals surface area contributed by atoms with Crippen molar-refractivity contribution in [1.82, 2.24) is 9.55 Å². The van der Waals surface area contributed by atoms with E-state index in [9.17, 15) is 13.2 Å². The SMILES string of the molecule is CS(=O)(=O)c1ccc(C(=O)Nc2cnc3n2CCCC3)cc1. The second-order valence-corrected chi connectivity index (χ2v) is 7.43. The average molecular weight is 319 g/mol. The van der Waals surface area contributed by atoms with Gasteiger partial charge in [0.2, 0.25) is 0 Å². The van der Waals surface area contributed by atoms with Crippen molar-refractivity contribution in [1.29, 1.82) is 0 Å². The van der Waals surface area contributed by atoms with E-state index in [1.54, 1.807) is 6.20 Å². The molecule has 1 aromatic heterocycles. The summed E-state index contributed by atoms with van der Waals surface area (Å²) >= 11 is 0. The normalized spacial score (nSPS) is 14.4. The molecular weight excluding hydrogens is 302 g/mol. The van der Waals surface area contributed by atoms with Crippen LogP contribution < -0.4 is 5.32 Å². The third-order valence-corrected chi connectivity index (χ3v) is 4.89. The van der Waals surface area contributed by atoms with Crippen LogP contribution in [0, 0.1) is 0 Å². The van der Waals surface area contributed by atoms with Gasteiger partial charge in [-0.3, -0.25) is 4.79 Å². The summed E-state index contributed by atoms with van der Waals surface area (Å²) in [5.41, 5.74) is 0.416. The molecule has 1 N–H and O–H groups in total. The predicted molar refractivity (Wildman–Crippen MR) is 82.7 cm³/mol. The minimum Gasteiger partial charge on any atom is -0.315 e. The van der Waals surface area contributed by atoms with Gasteiger partial charge in [-0.2, -0.15) is 0 Å². The van der Waals surface area contributed by atoms with Gasteiger partial charge in [0.05, 0.1) is 11.1 Å². The summed E-state index contributed by atoms with van der Waals surface area (Å²) in [4.78, 5) is 16.8. The quantitative estimate of drug-likeness (QED) is 0.936. The van der Waals surface area contributed by atoms with Gasteiger partial charge in [-0.25, -0.2) is 13.4 Å². The van der Waals surface area contributed by atoms with Gasteiger partial charge in [0.25, 0.3) is 5.91 Å². The maximum atomic E-state index is 12.3. The van der Waals surface area contributed by atoms with Gasteiger partial charge in [0.15, 0.2) is 9.84 Å². The number of fused-ring (bicyclic) bond motifs is 1. The number of hydrogen-bond acceptors (Lipinski definition) is 4. The number of amides is 1. The highest BCUT2D eigenvalue weighted by atomic mass is 32.2. The lowest BCUT2D eigenvalue weighted by molar-refractivity contribution is 0.102. The number of anilines is 1. The van der Waals surface area contributed by atoms with Crippen LogP contribution in [0.5, 0.6) is 0 Å². The molecule has 0 fully saturated rings. The Kier molecular flexibility index (Phi) is 3.74. The van der Waals surface area contributed by atoms with Crippen molar-refractivity contribution < 1.29 is 13.2 Å². The van der Waals surface area contributed by atoms with Crippen molar-refractivity contribution in [2.75, 3.05) is 11.6 Å². The van der Waals surface area contributed by atoms with Crippen LogP contribution in [-0.4, -0.2) is 30.1 Å². The van der Waals surface area contributed by atoms with Crippen LogP contribution in [0.2, 0.25) is 0 Å². The highest BCUT2D eigenvalue weighted by molar-refractivity contribution is 7.90. The summed E-state index contributed by atoms with van der Waals surface area (Å²) < 4.78 is 24.9. The van der Waals surface area contributed by atoms with Crippen LogP contribution in [0.3, 0.4) is 0 Å². The molecule has 0 saturated heterocycles. The maximum Gasteiger partial charge on any atom is 0.256 e. The zero-order valence-electron chi connectivity index (χ0n) is 12.2. The molecule has 0 unspecified atom stereocenters. The van der Waals surface area contributed by atoms with Gasteiger partial charge in [-0.15, -0.1) is 0 Å². The molecule has 0 radical (unpaired) electrons. The van der Waals surface area contributed by atoms with E-state index in [-0.39, 0.29) is 10.8 Å². The number of sulfone groups is 1. The Morgan fingerprint density at radius 2 is 1.95 bits per heavy atom. The lowest BCUT2D eigenvalue weighted by atomic mass is 10.2. The van der Waals surface area contributed by atoms with Gasteiger partial charge >= 0.3 is 0 Å². The molecule has 116 valence electrons. The number of nitrogens with zero attached hydrogens (tertiary/aromatic N) is 2. The Morgan fingerprint density at radius 1 is 1.23 bits per heavy atom. The number of aryl methyl sites for hydroxylation is 1. The third-order valence-electron chi connectivity index (χ3n) is 3.76. The fourth-order valence-electron chi connectivity index (χ4n) is 2.56. The standard InChI is InChI=1S/C15H17N3O3S/c1-22(20,21)12-7-5-11(6-8-12)15(19)17-14-10-16-13-4-2-3-9-18(13)14/h5-8,10H,2-4,9H2,1H3,(H,17,19). The number of nitrogens with one attached hydrogen (secondary N) is 1. The minimum atomic E-state index is -3.25. The fourth-order valence-corrected chi connectivity index (χ4v) is 3.19. The van der Waals surface area contributed by atoms with Crippen LogP contribution in [0.25, 0.3) is 0 Å². The second-order valence-electron chi connectivity index (χ2n) is 5.42. The molecule has 6 nitrogen and oxygen atoms in total. The van der Waals surface area contributed by atoms with Crippen molar-refractivity contribution in [3.05, 3.63) is 41.9 Å².